The molecule has 0 fully saturated rings. The van der Waals surface area contributed by atoms with Crippen LogP contribution >= 0.6 is 0 Å². The highest BCUT2D eigenvalue weighted by molar-refractivity contribution is 6.03. The van der Waals surface area contributed by atoms with Crippen molar-refractivity contribution in [2.75, 3.05) is 5.32 Å². The molecule has 0 radical (unpaired) electrons. The fourth-order valence-electron chi connectivity index (χ4n) is 2.72. The van der Waals surface area contributed by atoms with Crippen molar-refractivity contribution < 1.29 is 4.79 Å². The van der Waals surface area contributed by atoms with Gasteiger partial charge in [0.2, 0.25) is 0 Å². The van der Waals surface area contributed by atoms with Crippen LogP contribution in [0, 0.1) is 0 Å². The van der Waals surface area contributed by atoms with Gasteiger partial charge in [0.05, 0.1) is 16.7 Å². The van der Waals surface area contributed by atoms with Crippen molar-refractivity contribution in [3.8, 4) is 0 Å². The van der Waals surface area contributed by atoms with Gasteiger partial charge in [0.15, 0.2) is 0 Å². The predicted octanol–water partition coefficient (Wildman–Crippen LogP) is 4.74. The number of hydrogen-bond acceptors (Lipinski definition) is 3. The molecule has 136 valence electrons. The highest BCUT2D eigenvalue weighted by atomic mass is 16.2. The summed E-state index contributed by atoms with van der Waals surface area (Å²) in [6.45, 7) is 12.5. The molecule has 5 heteroatoms. The number of anilines is 1. The molecule has 1 N–H and O–H groups in total. The monoisotopic (exact) mass is 350 g/mol. The Labute approximate surface area is 154 Å². The van der Waals surface area contributed by atoms with Gasteiger partial charge in [-0.2, -0.15) is 5.10 Å². The van der Waals surface area contributed by atoms with E-state index in [4.69, 9.17) is 5.10 Å². The van der Waals surface area contributed by atoms with Crippen LogP contribution < -0.4 is 5.32 Å². The maximum Gasteiger partial charge on any atom is 0.275 e. The Morgan fingerprint density at radius 1 is 1.00 bits per heavy atom. The zero-order valence-corrected chi connectivity index (χ0v) is 16.3. The van der Waals surface area contributed by atoms with Gasteiger partial charge in [-0.3, -0.25) is 4.79 Å². The zero-order valence-electron chi connectivity index (χ0n) is 16.3. The molecule has 1 aromatic carbocycles. The van der Waals surface area contributed by atoms with Gasteiger partial charge in [-0.05, 0) is 32.9 Å². The number of nitrogens with zero attached hydrogens (tertiary/aromatic N) is 3. The first-order valence-corrected chi connectivity index (χ1v) is 8.84. The number of nitrogens with one attached hydrogen (secondary N) is 1. The number of carbonyl (C=O) groups excluding carboxylic acids is 1. The minimum absolute atomic E-state index is 0.100. The normalized spacial score (nSPS) is 12.4. The van der Waals surface area contributed by atoms with E-state index in [9.17, 15) is 4.79 Å². The first-order chi connectivity index (χ1) is 12.1. The second-order valence-corrected chi connectivity index (χ2v) is 8.59. The lowest BCUT2D eigenvalue weighted by Gasteiger charge is -2.23. The molecule has 3 aromatic rings. The third kappa shape index (κ3) is 3.62. The van der Waals surface area contributed by atoms with E-state index in [2.05, 4.69) is 51.8 Å². The Balaban J connectivity index is 1.96. The molecule has 5 nitrogen and oxygen atoms in total. The van der Waals surface area contributed by atoms with Crippen LogP contribution in [0.3, 0.4) is 0 Å². The van der Waals surface area contributed by atoms with Gasteiger partial charge in [0.1, 0.15) is 11.5 Å². The maximum atomic E-state index is 12.8. The van der Waals surface area contributed by atoms with Crippen LogP contribution in [0.1, 0.15) is 57.7 Å². The third-order valence-corrected chi connectivity index (χ3v) is 4.19. The van der Waals surface area contributed by atoms with Gasteiger partial charge in [-0.15, -0.1) is 0 Å². The fourth-order valence-corrected chi connectivity index (χ4v) is 2.72. The average molecular weight is 350 g/mol. The number of hydrogen-bond donors (Lipinski definition) is 1. The van der Waals surface area contributed by atoms with Gasteiger partial charge in [-0.1, -0.05) is 45.0 Å². The van der Waals surface area contributed by atoms with Crippen molar-refractivity contribution in [2.45, 2.75) is 52.5 Å². The van der Waals surface area contributed by atoms with Gasteiger partial charge >= 0.3 is 0 Å². The van der Waals surface area contributed by atoms with E-state index in [1.165, 1.54) is 0 Å². The molecule has 0 atom stereocenters. The first-order valence-electron chi connectivity index (χ1n) is 8.84. The highest BCUT2D eigenvalue weighted by Gasteiger charge is 2.26. The first kappa shape index (κ1) is 18.1. The zero-order chi connectivity index (χ0) is 19.1. The Hall–Kier alpha value is -2.69. The molecule has 2 heterocycles. The molecule has 0 aliphatic heterocycles. The fraction of sp³-hybridized carbons (Fsp3) is 0.381. The number of carbonyl (C=O) groups is 1. The lowest BCUT2D eigenvalue weighted by atomic mass is 9.92. The number of amides is 1. The van der Waals surface area contributed by atoms with E-state index < -0.39 is 0 Å². The molecule has 2 aromatic heterocycles. The molecular weight excluding hydrogens is 324 g/mol. The van der Waals surface area contributed by atoms with E-state index >= 15 is 0 Å². The molecule has 0 saturated heterocycles. The molecule has 1 amide bonds. The van der Waals surface area contributed by atoms with Gasteiger partial charge in [0.25, 0.3) is 5.91 Å². The van der Waals surface area contributed by atoms with Gasteiger partial charge in [0, 0.05) is 16.9 Å². The summed E-state index contributed by atoms with van der Waals surface area (Å²) in [7, 11) is 0. The topological polar surface area (TPSA) is 59.8 Å². The van der Waals surface area contributed by atoms with Gasteiger partial charge in [-0.25, -0.2) is 9.67 Å². The molecule has 0 saturated carbocycles. The maximum absolute atomic E-state index is 12.8. The quantitative estimate of drug-likeness (QED) is 0.726. The number of fused-ring (bicyclic) bond motifs is 1. The molecule has 0 aliphatic rings. The van der Waals surface area contributed by atoms with E-state index in [-0.39, 0.29) is 16.9 Å². The molecule has 0 spiro atoms. The number of pyridine rings is 1. The molecule has 0 unspecified atom stereocenters. The van der Waals surface area contributed by atoms with Crippen LogP contribution in [0.2, 0.25) is 0 Å². The second kappa shape index (κ2) is 6.24. The van der Waals surface area contributed by atoms with Crippen LogP contribution in [-0.2, 0) is 11.0 Å². The van der Waals surface area contributed by atoms with Crippen LogP contribution in [0.4, 0.5) is 5.82 Å². The van der Waals surface area contributed by atoms with Crippen LogP contribution in [-0.4, -0.2) is 20.7 Å². The summed E-state index contributed by atoms with van der Waals surface area (Å²) >= 11 is 0. The van der Waals surface area contributed by atoms with Crippen LogP contribution in [0.5, 0.6) is 0 Å². The van der Waals surface area contributed by atoms with Crippen molar-refractivity contribution in [2.24, 2.45) is 0 Å². The van der Waals surface area contributed by atoms with Crippen LogP contribution in [0.15, 0.2) is 42.5 Å². The smallest absolute Gasteiger partial charge is 0.275 e. The summed E-state index contributed by atoms with van der Waals surface area (Å²) in [4.78, 5) is 17.3. The SMILES string of the molecule is CC(C)(C)c1cc(NC(=O)c2ccc3ccccc3n2)n(C(C)(C)C)n1. The second-order valence-electron chi connectivity index (χ2n) is 8.59. The third-order valence-electron chi connectivity index (χ3n) is 4.19. The van der Waals surface area contributed by atoms with Crippen molar-refractivity contribution in [3.05, 3.63) is 53.9 Å². The number of para-hydroxylation sites is 1. The van der Waals surface area contributed by atoms with Gasteiger partial charge < -0.3 is 5.32 Å². The lowest BCUT2D eigenvalue weighted by molar-refractivity contribution is 0.102. The Kier molecular flexibility index (Phi) is 4.34. The van der Waals surface area contributed by atoms with Crippen molar-refractivity contribution in [1.82, 2.24) is 14.8 Å². The standard InChI is InChI=1S/C21H26N4O/c1-20(2,3)17-13-18(25(24-17)21(4,5)6)23-19(26)16-12-11-14-9-7-8-10-15(14)22-16/h7-13H,1-6H3,(H,23,26). The molecule has 0 bridgehead atoms. The summed E-state index contributed by atoms with van der Waals surface area (Å²) in [6.07, 6.45) is 0. The summed E-state index contributed by atoms with van der Waals surface area (Å²) in [5, 5.41) is 8.73. The van der Waals surface area contributed by atoms with Crippen LogP contribution in [0.25, 0.3) is 10.9 Å². The Bertz CT molecular complexity index is 958. The summed E-state index contributed by atoms with van der Waals surface area (Å²) in [6, 6.07) is 13.4. The largest absolute Gasteiger partial charge is 0.305 e. The number of benzene rings is 1. The molecule has 0 aliphatic carbocycles. The summed E-state index contributed by atoms with van der Waals surface area (Å²) in [5.74, 6) is 0.448. The average Bonchev–Trinajstić information content (AvgIpc) is 2.98. The lowest BCUT2D eigenvalue weighted by Crippen LogP contribution is -2.27. The highest BCUT2D eigenvalue weighted by Crippen LogP contribution is 2.28. The minimum Gasteiger partial charge on any atom is -0.305 e. The molecular formula is C21H26N4O. The molecule has 3 rings (SSSR count). The van der Waals surface area contributed by atoms with E-state index in [1.54, 1.807) is 6.07 Å². The number of rotatable bonds is 2. The molecule has 26 heavy (non-hydrogen) atoms. The summed E-state index contributed by atoms with van der Waals surface area (Å²) in [5.41, 5.74) is 1.79. The van der Waals surface area contributed by atoms with E-state index in [1.807, 2.05) is 41.1 Å². The number of aromatic nitrogens is 3. The minimum atomic E-state index is -0.247. The summed E-state index contributed by atoms with van der Waals surface area (Å²) < 4.78 is 1.87. The Morgan fingerprint density at radius 2 is 1.69 bits per heavy atom. The van der Waals surface area contributed by atoms with Crippen molar-refractivity contribution >= 4 is 22.6 Å². The van der Waals surface area contributed by atoms with Crippen molar-refractivity contribution in [3.63, 3.8) is 0 Å². The van der Waals surface area contributed by atoms with E-state index in [0.717, 1.165) is 16.6 Å². The predicted molar refractivity (Wildman–Crippen MR) is 106 cm³/mol. The van der Waals surface area contributed by atoms with Crippen molar-refractivity contribution in [1.29, 1.82) is 0 Å². The Morgan fingerprint density at radius 3 is 2.35 bits per heavy atom. The van der Waals surface area contributed by atoms with E-state index in [0.29, 0.717) is 11.5 Å².